The first-order valence-electron chi connectivity index (χ1n) is 8.13. The second-order valence-corrected chi connectivity index (χ2v) is 18.9. The molecule has 0 amide bonds. The van der Waals surface area contributed by atoms with Crippen molar-refractivity contribution in [3.05, 3.63) is 56.5 Å². The molecule has 3 nitrogen and oxygen atoms in total. The van der Waals surface area contributed by atoms with Gasteiger partial charge in [0.25, 0.3) is 0 Å². The van der Waals surface area contributed by atoms with Crippen LogP contribution in [0.2, 0.25) is 0 Å². The molecule has 0 aliphatic rings. The maximum absolute atomic E-state index is 8.69. The predicted molar refractivity (Wildman–Crippen MR) is 148 cm³/mol. The Hall–Kier alpha value is 1.36. The molecule has 29 heavy (non-hydrogen) atoms. The van der Waals surface area contributed by atoms with Crippen molar-refractivity contribution in [2.45, 2.75) is 13.9 Å². The van der Waals surface area contributed by atoms with Crippen molar-refractivity contribution < 1.29 is 14.6 Å². The fraction of sp³-hybridized carbons (Fsp3) is 0.368. The van der Waals surface area contributed by atoms with Crippen LogP contribution < -0.4 is 9.47 Å². The van der Waals surface area contributed by atoms with Gasteiger partial charge in [-0.1, -0.05) is 28.1 Å². The number of benzene rings is 2. The van der Waals surface area contributed by atoms with Crippen LogP contribution in [-0.4, -0.2) is 32.3 Å². The van der Waals surface area contributed by atoms with E-state index in [9.17, 15) is 0 Å². The van der Waals surface area contributed by atoms with Crippen LogP contribution in [0.3, 0.4) is 0 Å². The molecule has 0 atom stereocenters. The van der Waals surface area contributed by atoms with Gasteiger partial charge in [0.15, 0.2) is 1.05 Å². The third-order valence-electron chi connectivity index (χ3n) is 3.22. The normalized spacial score (nSPS) is 10.3. The Morgan fingerprint density at radius 2 is 1.17 bits per heavy atom. The summed E-state index contributed by atoms with van der Waals surface area (Å²) in [5, 5.41) is 9.68. The topological polar surface area (TPSA) is 38.7 Å². The van der Waals surface area contributed by atoms with E-state index < -0.39 is 0 Å². The molecule has 0 aliphatic heterocycles. The number of aliphatic hydroxyl groups is 1. The lowest BCUT2D eigenvalue weighted by molar-refractivity contribution is 0.299. The molecular weight excluding hydrogens is 836 g/mol. The highest BCUT2D eigenvalue weighted by atomic mass is 80.0. The summed E-state index contributed by atoms with van der Waals surface area (Å²) in [4.78, 5) is 0. The summed E-state index contributed by atoms with van der Waals surface area (Å²) < 4.78 is 11.9. The van der Waals surface area contributed by atoms with E-state index in [2.05, 4.69) is 124 Å². The van der Waals surface area contributed by atoms with Gasteiger partial charge in [-0.3, -0.25) is 0 Å². The molecule has 0 aromatic heterocycles. The summed E-state index contributed by atoms with van der Waals surface area (Å²) in [5.74, 6) is 1.70. The first-order chi connectivity index (χ1) is 13.5. The van der Waals surface area contributed by atoms with Gasteiger partial charge in [0.1, 0.15) is 11.5 Å². The molecule has 0 aliphatic carbocycles. The van der Waals surface area contributed by atoms with E-state index in [-0.39, 0.29) is 7.66 Å². The van der Waals surface area contributed by atoms with E-state index in [4.69, 9.17) is 14.6 Å². The number of hydrogen-bond acceptors (Lipinski definition) is 3. The van der Waals surface area contributed by atoms with Gasteiger partial charge in [-0.15, -0.1) is 0 Å². The fourth-order valence-corrected chi connectivity index (χ4v) is 3.60. The van der Waals surface area contributed by atoms with E-state index in [1.807, 2.05) is 24.3 Å². The minimum Gasteiger partial charge on any atom is -0.496 e. The predicted octanol–water partition coefficient (Wildman–Crippen LogP) is 8.56. The fourth-order valence-electron chi connectivity index (χ4n) is 1.97. The molecule has 2 aromatic rings. The molecule has 0 bridgehead atoms. The number of aliphatic hydroxyl groups excluding tert-OH is 1. The summed E-state index contributed by atoms with van der Waals surface area (Å²) >= 11 is 22.7. The van der Waals surface area contributed by atoms with Crippen molar-refractivity contribution in [1.82, 2.24) is 0 Å². The molecule has 0 saturated carbocycles. The van der Waals surface area contributed by atoms with Crippen LogP contribution in [0, 0.1) is 0 Å². The number of rotatable bonds is 6. The van der Waals surface area contributed by atoms with Gasteiger partial charge in [-0.2, -0.15) is 0 Å². The van der Waals surface area contributed by atoms with Crippen LogP contribution in [-0.2, 0) is 12.8 Å². The van der Waals surface area contributed by atoms with Gasteiger partial charge in [-0.05, 0) is 144 Å². The molecule has 164 valence electrons. The van der Waals surface area contributed by atoms with Crippen molar-refractivity contribution in [3.8, 4) is 11.5 Å². The number of ether oxygens (including phenoxy) is 2. The van der Waals surface area contributed by atoms with E-state index >= 15 is 0 Å². The van der Waals surface area contributed by atoms with Crippen LogP contribution in [0.5, 0.6) is 11.5 Å². The molecule has 10 heteroatoms. The smallest absolute Gasteiger partial charge is 0.189 e. The lowest BCUT2D eigenvalue weighted by atomic mass is 10.1. The summed E-state index contributed by atoms with van der Waals surface area (Å²) in [5.41, 5.74) is 2.41. The first kappa shape index (κ1) is 30.4. The van der Waals surface area contributed by atoms with Crippen molar-refractivity contribution in [2.24, 2.45) is 0 Å². The van der Waals surface area contributed by atoms with Crippen molar-refractivity contribution in [3.63, 3.8) is 0 Å². The highest BCUT2D eigenvalue weighted by Gasteiger charge is 2.08. The zero-order valence-corrected chi connectivity index (χ0v) is 26.8. The molecule has 1 N–H and O–H groups in total. The molecular formula is C19H21Br7O3. The lowest BCUT2D eigenvalue weighted by Gasteiger charge is -2.04. The molecule has 0 heterocycles. The second-order valence-electron chi connectivity index (χ2n) is 5.28. The third-order valence-corrected chi connectivity index (χ3v) is 4.85. The molecule has 0 fully saturated rings. The Balaban J connectivity index is 0.000000442. The van der Waals surface area contributed by atoms with Crippen LogP contribution in [0.1, 0.15) is 11.1 Å². The Bertz CT molecular complexity index is 660. The Morgan fingerprint density at radius 1 is 0.793 bits per heavy atom. The minimum absolute atomic E-state index is 0.179. The van der Waals surface area contributed by atoms with Gasteiger partial charge in [0.05, 0.1) is 23.2 Å². The quantitative estimate of drug-likeness (QED) is 0.296. The van der Waals surface area contributed by atoms with Gasteiger partial charge in [0.2, 0.25) is 0 Å². The summed E-state index contributed by atoms with van der Waals surface area (Å²) in [6.45, 7) is 0.179. The van der Waals surface area contributed by atoms with Crippen LogP contribution >= 0.6 is 112 Å². The minimum atomic E-state index is -0.250. The zero-order valence-electron chi connectivity index (χ0n) is 15.7. The van der Waals surface area contributed by atoms with Gasteiger partial charge >= 0.3 is 0 Å². The van der Waals surface area contributed by atoms with Crippen LogP contribution in [0.25, 0.3) is 0 Å². The summed E-state index contributed by atoms with van der Waals surface area (Å²) in [6.07, 6.45) is 1.73. The molecule has 0 radical (unpaired) electrons. The molecule has 2 aromatic carbocycles. The standard InChI is InChI=1S/C9H10Br2O.C9H11BrO2.CBr4/c1-12-9-3-2-7(4-5-10)6-8(9)11;1-12-9-3-2-7(4-5-11)6-8(9)10;2-1(3,4)5/h2-3,6H,4-5H2,1H3;2-3,6,11H,4-5H2,1H3;. The Labute approximate surface area is 231 Å². The lowest BCUT2D eigenvalue weighted by Crippen LogP contribution is -1.91. The highest BCUT2D eigenvalue weighted by Crippen LogP contribution is 2.39. The second kappa shape index (κ2) is 16.9. The third kappa shape index (κ3) is 15.7. The molecule has 0 saturated heterocycles. The van der Waals surface area contributed by atoms with Crippen molar-refractivity contribution in [1.29, 1.82) is 0 Å². The van der Waals surface area contributed by atoms with Gasteiger partial charge in [-0.25, -0.2) is 0 Å². The first-order valence-corrected chi connectivity index (χ1v) is 14.0. The number of hydrogen-bond donors (Lipinski definition) is 1. The zero-order chi connectivity index (χ0) is 22.4. The van der Waals surface area contributed by atoms with Crippen molar-refractivity contribution >= 4 is 112 Å². The number of alkyl halides is 5. The van der Waals surface area contributed by atoms with E-state index in [0.717, 1.165) is 37.8 Å². The highest BCUT2D eigenvalue weighted by molar-refractivity contribution is 9.52. The molecule has 0 spiro atoms. The average molecular weight is 857 g/mol. The SMILES string of the molecule is BrC(Br)(Br)Br.COc1ccc(CCBr)cc1Br.COc1ccc(CCO)cc1Br. The van der Waals surface area contributed by atoms with E-state index in [1.165, 1.54) is 5.56 Å². The number of methoxy groups -OCH3 is 2. The Morgan fingerprint density at radius 3 is 1.45 bits per heavy atom. The summed E-state index contributed by atoms with van der Waals surface area (Å²) in [7, 11) is 3.30. The average Bonchev–Trinajstić information content (AvgIpc) is 2.62. The van der Waals surface area contributed by atoms with Gasteiger partial charge < -0.3 is 14.6 Å². The van der Waals surface area contributed by atoms with Crippen LogP contribution in [0.4, 0.5) is 0 Å². The molecule has 2 rings (SSSR count). The summed E-state index contributed by atoms with van der Waals surface area (Å²) in [6, 6.07) is 11.9. The van der Waals surface area contributed by atoms with E-state index in [1.54, 1.807) is 14.2 Å². The monoisotopic (exact) mass is 850 g/mol. The maximum atomic E-state index is 8.69. The van der Waals surface area contributed by atoms with Gasteiger partial charge in [0, 0.05) is 11.9 Å². The van der Waals surface area contributed by atoms with Crippen LogP contribution in [0.15, 0.2) is 45.3 Å². The van der Waals surface area contributed by atoms with E-state index in [0.29, 0.717) is 6.42 Å². The largest absolute Gasteiger partial charge is 0.496 e. The van der Waals surface area contributed by atoms with Crippen molar-refractivity contribution in [2.75, 3.05) is 26.2 Å². The number of halogens is 7. The molecule has 0 unspecified atom stereocenters. The Kier molecular flexibility index (Phi) is 17.7. The number of aryl methyl sites for hydroxylation is 1. The maximum Gasteiger partial charge on any atom is 0.189 e.